The lowest BCUT2D eigenvalue weighted by Crippen LogP contribution is -2.67. The van der Waals surface area contributed by atoms with Crippen LogP contribution in [0.4, 0.5) is 4.79 Å². The SMILES string of the molecule is COC(=O)[C@@H]1C[C@H](NC(=O)NC(=O)c2ccccc2)C(=O)[C@H]2[C@@]1(C)CC[C@H]1C(=O)O[C@H](c3ccoc3)C[C@]21C. The average Bonchev–Trinajstić information content (AvgIpc) is 3.45. The van der Waals surface area contributed by atoms with Gasteiger partial charge in [0.15, 0.2) is 5.78 Å². The maximum Gasteiger partial charge on any atom is 0.322 e. The van der Waals surface area contributed by atoms with E-state index in [1.165, 1.54) is 19.6 Å². The first kappa shape index (κ1) is 26.6. The summed E-state index contributed by atoms with van der Waals surface area (Å²) in [6.07, 6.45) is 3.70. The van der Waals surface area contributed by atoms with Gasteiger partial charge in [0, 0.05) is 17.0 Å². The zero-order valence-electron chi connectivity index (χ0n) is 22.1. The molecule has 0 radical (unpaired) electrons. The Hall–Kier alpha value is -3.95. The summed E-state index contributed by atoms with van der Waals surface area (Å²) >= 11 is 0. The summed E-state index contributed by atoms with van der Waals surface area (Å²) in [5.41, 5.74) is -0.680. The number of methoxy groups -OCH3 is 1. The van der Waals surface area contributed by atoms with Crippen molar-refractivity contribution >= 4 is 29.7 Å². The number of ketones is 1. The number of benzene rings is 1. The van der Waals surface area contributed by atoms with Crippen molar-refractivity contribution in [1.82, 2.24) is 10.6 Å². The molecule has 2 aliphatic carbocycles. The molecule has 2 aromatic rings. The molecule has 3 aliphatic rings. The van der Waals surface area contributed by atoms with Crippen molar-refractivity contribution in [1.29, 1.82) is 0 Å². The molecule has 2 saturated carbocycles. The molecule has 206 valence electrons. The molecule has 2 N–H and O–H groups in total. The van der Waals surface area contributed by atoms with Crippen molar-refractivity contribution in [2.75, 3.05) is 7.11 Å². The van der Waals surface area contributed by atoms with Crippen molar-refractivity contribution in [2.24, 2.45) is 28.6 Å². The number of carbonyl (C=O) groups is 5. The summed E-state index contributed by atoms with van der Waals surface area (Å²) in [5, 5.41) is 4.89. The summed E-state index contributed by atoms with van der Waals surface area (Å²) in [5.74, 6) is -3.76. The Morgan fingerprint density at radius 1 is 1.05 bits per heavy atom. The number of nitrogens with one attached hydrogen (secondary N) is 2. The highest BCUT2D eigenvalue weighted by Crippen LogP contribution is 2.65. The van der Waals surface area contributed by atoms with E-state index in [2.05, 4.69) is 10.6 Å². The van der Waals surface area contributed by atoms with Crippen LogP contribution < -0.4 is 10.6 Å². The van der Waals surface area contributed by atoms with Crippen molar-refractivity contribution in [3.63, 3.8) is 0 Å². The van der Waals surface area contributed by atoms with E-state index >= 15 is 0 Å². The number of ether oxygens (including phenoxy) is 2. The van der Waals surface area contributed by atoms with Crippen molar-refractivity contribution in [3.05, 3.63) is 60.1 Å². The zero-order chi connectivity index (χ0) is 27.9. The van der Waals surface area contributed by atoms with Crippen LogP contribution in [0.2, 0.25) is 0 Å². The van der Waals surface area contributed by atoms with E-state index in [0.29, 0.717) is 24.8 Å². The molecule has 1 saturated heterocycles. The molecule has 1 aromatic carbocycles. The van der Waals surface area contributed by atoms with E-state index in [9.17, 15) is 24.0 Å². The number of esters is 2. The second-order valence-corrected chi connectivity index (χ2v) is 11.3. The molecule has 3 fully saturated rings. The fourth-order valence-corrected chi connectivity index (χ4v) is 7.28. The number of urea groups is 1. The predicted molar refractivity (Wildman–Crippen MR) is 136 cm³/mol. The molecular formula is C29H32N2O8. The Labute approximate surface area is 225 Å². The van der Waals surface area contributed by atoms with Crippen LogP contribution >= 0.6 is 0 Å². The normalized spacial score (nSPS) is 33.7. The van der Waals surface area contributed by atoms with Crippen LogP contribution in [0.15, 0.2) is 53.3 Å². The van der Waals surface area contributed by atoms with Gasteiger partial charge in [0.05, 0.1) is 37.5 Å². The highest BCUT2D eigenvalue weighted by atomic mass is 16.5. The first-order valence-electron chi connectivity index (χ1n) is 13.1. The van der Waals surface area contributed by atoms with Crippen LogP contribution in [0.1, 0.15) is 61.6 Å². The number of cyclic esters (lactones) is 1. The van der Waals surface area contributed by atoms with Gasteiger partial charge in [0.2, 0.25) is 0 Å². The average molecular weight is 537 g/mol. The van der Waals surface area contributed by atoms with Gasteiger partial charge >= 0.3 is 18.0 Å². The number of rotatable bonds is 4. The Balaban J connectivity index is 1.46. The summed E-state index contributed by atoms with van der Waals surface area (Å²) in [6, 6.07) is 8.04. The molecule has 5 rings (SSSR count). The van der Waals surface area contributed by atoms with Gasteiger partial charge in [0.1, 0.15) is 6.10 Å². The van der Waals surface area contributed by atoms with E-state index in [1.54, 1.807) is 36.4 Å². The molecule has 0 bridgehead atoms. The lowest BCUT2D eigenvalue weighted by Gasteiger charge is -2.61. The van der Waals surface area contributed by atoms with E-state index in [0.717, 1.165) is 0 Å². The molecular weight excluding hydrogens is 504 g/mol. The predicted octanol–water partition coefficient (Wildman–Crippen LogP) is 3.58. The standard InChI is InChI=1S/C29H32N2O8/c1-28-11-9-18-26(35)39-21(17-10-12-38-15-17)14-29(18,2)23(28)22(32)20(13-19(28)25(34)37-3)30-27(36)31-24(33)16-7-5-4-6-8-16/h4-8,10,12,15,18-21,23H,9,11,13-14H2,1-3H3,(H2,30,31,33,36)/t18-,19-,20-,21-,23-,28-,29-/m0/s1. The summed E-state index contributed by atoms with van der Waals surface area (Å²) in [6.45, 7) is 3.81. The minimum absolute atomic E-state index is 0.0296. The number of amides is 3. The Kier molecular flexibility index (Phi) is 6.82. The van der Waals surface area contributed by atoms with Crippen LogP contribution in [0.25, 0.3) is 0 Å². The number of imide groups is 1. The fraction of sp³-hybridized carbons (Fsp3) is 0.483. The first-order chi connectivity index (χ1) is 18.6. The third-order valence-corrected chi connectivity index (χ3v) is 9.12. The molecule has 39 heavy (non-hydrogen) atoms. The molecule has 3 amide bonds. The van der Waals surface area contributed by atoms with Gasteiger partial charge in [-0.05, 0) is 54.7 Å². The molecule has 0 unspecified atom stereocenters. The smallest absolute Gasteiger partial charge is 0.322 e. The Morgan fingerprint density at radius 3 is 2.46 bits per heavy atom. The van der Waals surface area contributed by atoms with Crippen LogP contribution in [0.5, 0.6) is 0 Å². The number of fused-ring (bicyclic) bond motifs is 3. The maximum atomic E-state index is 14.2. The number of hydrogen-bond acceptors (Lipinski definition) is 8. The fourth-order valence-electron chi connectivity index (χ4n) is 7.28. The molecule has 1 aliphatic heterocycles. The van der Waals surface area contributed by atoms with E-state index in [-0.39, 0.29) is 23.7 Å². The number of hydrogen-bond donors (Lipinski definition) is 2. The zero-order valence-corrected chi connectivity index (χ0v) is 22.1. The van der Waals surface area contributed by atoms with E-state index < -0.39 is 58.6 Å². The second kappa shape index (κ2) is 9.98. The molecule has 7 atom stereocenters. The minimum Gasteiger partial charge on any atom is -0.472 e. The van der Waals surface area contributed by atoms with Gasteiger partial charge in [-0.1, -0.05) is 32.0 Å². The van der Waals surface area contributed by atoms with Crippen LogP contribution in [0.3, 0.4) is 0 Å². The molecule has 10 nitrogen and oxygen atoms in total. The number of carbonyl (C=O) groups excluding carboxylic acids is 5. The lowest BCUT2D eigenvalue weighted by atomic mass is 9.43. The quantitative estimate of drug-likeness (QED) is 0.565. The monoisotopic (exact) mass is 536 g/mol. The second-order valence-electron chi connectivity index (χ2n) is 11.3. The van der Waals surface area contributed by atoms with Crippen LogP contribution in [0, 0.1) is 28.6 Å². The maximum absolute atomic E-state index is 14.2. The Bertz CT molecular complexity index is 1290. The highest BCUT2D eigenvalue weighted by Gasteiger charge is 2.67. The van der Waals surface area contributed by atoms with Gasteiger partial charge in [-0.2, -0.15) is 0 Å². The van der Waals surface area contributed by atoms with E-state index in [4.69, 9.17) is 13.9 Å². The molecule has 2 heterocycles. The van der Waals surface area contributed by atoms with Crippen molar-refractivity contribution < 1.29 is 37.9 Å². The summed E-state index contributed by atoms with van der Waals surface area (Å²) in [4.78, 5) is 65.9. The van der Waals surface area contributed by atoms with Crippen LogP contribution in [-0.4, -0.2) is 42.8 Å². The third kappa shape index (κ3) is 4.51. The molecule has 1 aromatic heterocycles. The summed E-state index contributed by atoms with van der Waals surface area (Å²) < 4.78 is 16.1. The van der Waals surface area contributed by atoms with Gasteiger partial charge < -0.3 is 19.2 Å². The number of Topliss-reactive ketones (excluding diaryl/α,β-unsaturated/α-hetero) is 1. The van der Waals surface area contributed by atoms with Crippen LogP contribution in [-0.2, 0) is 23.9 Å². The number of furan rings is 1. The van der Waals surface area contributed by atoms with Gasteiger partial charge in [-0.3, -0.25) is 24.5 Å². The molecule has 10 heteroatoms. The van der Waals surface area contributed by atoms with E-state index in [1.807, 2.05) is 13.8 Å². The van der Waals surface area contributed by atoms with Crippen molar-refractivity contribution in [2.45, 2.75) is 51.7 Å². The largest absolute Gasteiger partial charge is 0.472 e. The molecule has 0 spiro atoms. The Morgan fingerprint density at radius 2 is 1.79 bits per heavy atom. The topological polar surface area (TPSA) is 141 Å². The third-order valence-electron chi connectivity index (χ3n) is 9.12. The lowest BCUT2D eigenvalue weighted by molar-refractivity contribution is -0.203. The highest BCUT2D eigenvalue weighted by molar-refractivity contribution is 6.05. The first-order valence-corrected chi connectivity index (χ1v) is 13.1. The minimum atomic E-state index is -1.06. The summed E-state index contributed by atoms with van der Waals surface area (Å²) in [7, 11) is 1.30. The van der Waals surface area contributed by atoms with Gasteiger partial charge in [-0.15, -0.1) is 0 Å². The van der Waals surface area contributed by atoms with Crippen molar-refractivity contribution in [3.8, 4) is 0 Å². The van der Waals surface area contributed by atoms with Gasteiger partial charge in [0.25, 0.3) is 5.91 Å². The van der Waals surface area contributed by atoms with Gasteiger partial charge in [-0.25, -0.2) is 4.79 Å².